The van der Waals surface area contributed by atoms with Crippen molar-refractivity contribution in [3.05, 3.63) is 30.5 Å². The number of aromatic nitrogens is 2. The first-order valence-corrected chi connectivity index (χ1v) is 6.93. The van der Waals surface area contributed by atoms with Gasteiger partial charge in [-0.25, -0.2) is 0 Å². The molecule has 1 aromatic heterocycles. The van der Waals surface area contributed by atoms with Crippen molar-refractivity contribution >= 4 is 22.6 Å². The van der Waals surface area contributed by atoms with Crippen LogP contribution in [0.15, 0.2) is 30.5 Å². The Morgan fingerprint density at radius 3 is 2.80 bits per heavy atom. The lowest BCUT2D eigenvalue weighted by Crippen LogP contribution is -2.04. The van der Waals surface area contributed by atoms with Crippen molar-refractivity contribution in [3.8, 4) is 0 Å². The van der Waals surface area contributed by atoms with E-state index < -0.39 is 5.97 Å². The number of fused-ring (bicyclic) bond motifs is 1. The van der Waals surface area contributed by atoms with Crippen molar-refractivity contribution in [3.63, 3.8) is 0 Å². The minimum absolute atomic E-state index is 0.266. The summed E-state index contributed by atoms with van der Waals surface area (Å²) in [4.78, 5) is 10.4. The first kappa shape index (κ1) is 14.2. The number of carboxylic acid groups (broad SMARTS) is 1. The predicted octanol–water partition coefficient (Wildman–Crippen LogP) is 3.08. The second-order valence-corrected chi connectivity index (χ2v) is 4.77. The highest BCUT2D eigenvalue weighted by atomic mass is 16.4. The van der Waals surface area contributed by atoms with E-state index in [0.29, 0.717) is 0 Å². The van der Waals surface area contributed by atoms with Gasteiger partial charge in [-0.15, -0.1) is 5.10 Å². The highest BCUT2D eigenvalue weighted by Crippen LogP contribution is 2.19. The van der Waals surface area contributed by atoms with E-state index in [9.17, 15) is 4.79 Å². The van der Waals surface area contributed by atoms with Gasteiger partial charge >= 0.3 is 5.97 Å². The van der Waals surface area contributed by atoms with E-state index in [1.54, 1.807) is 6.20 Å². The minimum Gasteiger partial charge on any atom is -0.481 e. The number of nitrogens with one attached hydrogen (secondary N) is 1. The standard InChI is InChI=1S/C15H19N3O2/c19-14(20)9-3-1-2-6-10-16-15-13-8-5-4-7-12(13)11-17-18-15/h4-5,7-8,11H,1-3,6,9-10H2,(H,16,18)(H,19,20). The van der Waals surface area contributed by atoms with Gasteiger partial charge in [-0.2, -0.15) is 5.10 Å². The highest BCUT2D eigenvalue weighted by molar-refractivity contribution is 5.90. The summed E-state index contributed by atoms with van der Waals surface area (Å²) in [5.74, 6) is 0.0998. The predicted molar refractivity (Wildman–Crippen MR) is 78.7 cm³/mol. The fourth-order valence-corrected chi connectivity index (χ4v) is 2.12. The second kappa shape index (κ2) is 7.43. The van der Waals surface area contributed by atoms with Crippen LogP contribution in [0.25, 0.3) is 10.8 Å². The van der Waals surface area contributed by atoms with Crippen LogP contribution in [-0.2, 0) is 4.79 Å². The molecule has 0 aliphatic carbocycles. The van der Waals surface area contributed by atoms with Gasteiger partial charge in [0.1, 0.15) is 0 Å². The number of rotatable bonds is 8. The van der Waals surface area contributed by atoms with Gasteiger partial charge in [0.05, 0.1) is 6.20 Å². The third-order valence-electron chi connectivity index (χ3n) is 3.18. The van der Waals surface area contributed by atoms with Crippen molar-refractivity contribution in [1.82, 2.24) is 10.2 Å². The second-order valence-electron chi connectivity index (χ2n) is 4.77. The number of aliphatic carboxylic acids is 1. The van der Waals surface area contributed by atoms with Crippen molar-refractivity contribution < 1.29 is 9.90 Å². The van der Waals surface area contributed by atoms with Crippen LogP contribution in [0.5, 0.6) is 0 Å². The van der Waals surface area contributed by atoms with Crippen LogP contribution in [0.4, 0.5) is 5.82 Å². The molecule has 0 atom stereocenters. The lowest BCUT2D eigenvalue weighted by atomic mass is 10.1. The van der Waals surface area contributed by atoms with Crippen LogP contribution in [0.3, 0.4) is 0 Å². The average Bonchev–Trinajstić information content (AvgIpc) is 2.46. The summed E-state index contributed by atoms with van der Waals surface area (Å²) < 4.78 is 0. The lowest BCUT2D eigenvalue weighted by molar-refractivity contribution is -0.137. The Balaban J connectivity index is 1.75. The molecular weight excluding hydrogens is 254 g/mol. The molecule has 1 heterocycles. The van der Waals surface area contributed by atoms with Crippen LogP contribution in [-0.4, -0.2) is 27.8 Å². The molecule has 5 heteroatoms. The number of hydrogen-bond donors (Lipinski definition) is 2. The smallest absolute Gasteiger partial charge is 0.303 e. The van der Waals surface area contributed by atoms with Crippen LogP contribution in [0.1, 0.15) is 32.1 Å². The lowest BCUT2D eigenvalue weighted by Gasteiger charge is -2.07. The normalized spacial score (nSPS) is 10.6. The third-order valence-corrected chi connectivity index (χ3v) is 3.18. The van der Waals surface area contributed by atoms with Gasteiger partial charge in [-0.05, 0) is 12.8 Å². The Morgan fingerprint density at radius 2 is 1.95 bits per heavy atom. The summed E-state index contributed by atoms with van der Waals surface area (Å²) in [6.45, 7) is 0.829. The Kier molecular flexibility index (Phi) is 5.29. The number of benzene rings is 1. The van der Waals surface area contributed by atoms with Crippen LogP contribution in [0.2, 0.25) is 0 Å². The number of hydrogen-bond acceptors (Lipinski definition) is 4. The SMILES string of the molecule is O=C(O)CCCCCCNc1nncc2ccccc12. The first-order valence-electron chi connectivity index (χ1n) is 6.93. The maximum Gasteiger partial charge on any atom is 0.303 e. The molecule has 20 heavy (non-hydrogen) atoms. The maximum absolute atomic E-state index is 10.4. The van der Waals surface area contributed by atoms with Gasteiger partial charge in [0.15, 0.2) is 5.82 Å². The number of carboxylic acids is 1. The molecule has 0 amide bonds. The Morgan fingerprint density at radius 1 is 1.15 bits per heavy atom. The first-order chi connectivity index (χ1) is 9.77. The van der Waals surface area contributed by atoms with Gasteiger partial charge in [-0.3, -0.25) is 4.79 Å². The van der Waals surface area contributed by atoms with E-state index in [2.05, 4.69) is 15.5 Å². The molecule has 2 aromatic rings. The van der Waals surface area contributed by atoms with Crippen LogP contribution < -0.4 is 5.32 Å². The van der Waals surface area contributed by atoms with E-state index in [1.807, 2.05) is 24.3 Å². The van der Waals surface area contributed by atoms with E-state index in [-0.39, 0.29) is 6.42 Å². The zero-order valence-corrected chi connectivity index (χ0v) is 11.4. The summed E-state index contributed by atoms with van der Waals surface area (Å²) in [7, 11) is 0. The monoisotopic (exact) mass is 273 g/mol. The molecular formula is C15H19N3O2. The molecule has 0 saturated carbocycles. The van der Waals surface area contributed by atoms with Gasteiger partial charge in [0.25, 0.3) is 0 Å². The molecule has 5 nitrogen and oxygen atoms in total. The molecule has 0 radical (unpaired) electrons. The van der Waals surface area contributed by atoms with Crippen molar-refractivity contribution in [1.29, 1.82) is 0 Å². The van der Waals surface area contributed by atoms with E-state index in [0.717, 1.165) is 48.8 Å². The van der Waals surface area contributed by atoms with Gasteiger partial charge in [0, 0.05) is 23.7 Å². The van der Waals surface area contributed by atoms with Gasteiger partial charge in [0.2, 0.25) is 0 Å². The fraction of sp³-hybridized carbons (Fsp3) is 0.400. The van der Waals surface area contributed by atoms with Crippen molar-refractivity contribution in [2.75, 3.05) is 11.9 Å². The molecule has 0 fully saturated rings. The van der Waals surface area contributed by atoms with Gasteiger partial charge < -0.3 is 10.4 Å². The maximum atomic E-state index is 10.4. The van der Waals surface area contributed by atoms with Crippen molar-refractivity contribution in [2.45, 2.75) is 32.1 Å². The molecule has 2 rings (SSSR count). The molecule has 1 aromatic carbocycles. The Hall–Kier alpha value is -2.17. The molecule has 2 N–H and O–H groups in total. The number of anilines is 1. The quantitative estimate of drug-likeness (QED) is 0.723. The summed E-state index contributed by atoms with van der Waals surface area (Å²) in [5, 5.41) is 22.1. The van der Waals surface area contributed by atoms with E-state index >= 15 is 0 Å². The highest BCUT2D eigenvalue weighted by Gasteiger charge is 2.02. The zero-order valence-electron chi connectivity index (χ0n) is 11.4. The summed E-state index contributed by atoms with van der Waals surface area (Å²) in [6.07, 6.45) is 5.76. The van der Waals surface area contributed by atoms with Crippen LogP contribution in [0, 0.1) is 0 Å². The van der Waals surface area contributed by atoms with Crippen LogP contribution >= 0.6 is 0 Å². The van der Waals surface area contributed by atoms with E-state index in [4.69, 9.17) is 5.11 Å². The zero-order chi connectivity index (χ0) is 14.2. The molecule has 0 spiro atoms. The average molecular weight is 273 g/mol. The summed E-state index contributed by atoms with van der Waals surface area (Å²) in [5.41, 5.74) is 0. The Bertz CT molecular complexity index is 567. The molecule has 0 aliphatic rings. The third kappa shape index (κ3) is 4.19. The summed E-state index contributed by atoms with van der Waals surface area (Å²) in [6, 6.07) is 8.01. The van der Waals surface area contributed by atoms with Gasteiger partial charge in [-0.1, -0.05) is 37.1 Å². The molecule has 0 aliphatic heterocycles. The molecule has 0 unspecified atom stereocenters. The molecule has 0 saturated heterocycles. The number of unbranched alkanes of at least 4 members (excludes halogenated alkanes) is 3. The van der Waals surface area contributed by atoms with Crippen molar-refractivity contribution in [2.24, 2.45) is 0 Å². The molecule has 106 valence electrons. The Labute approximate surface area is 118 Å². The largest absolute Gasteiger partial charge is 0.481 e. The van der Waals surface area contributed by atoms with E-state index in [1.165, 1.54) is 0 Å². The number of nitrogens with zero attached hydrogens (tertiary/aromatic N) is 2. The summed E-state index contributed by atoms with van der Waals surface area (Å²) >= 11 is 0. The number of carbonyl (C=O) groups is 1. The topological polar surface area (TPSA) is 75.1 Å². The minimum atomic E-state index is -0.714. The fourth-order valence-electron chi connectivity index (χ4n) is 2.12. The molecule has 0 bridgehead atoms.